The highest BCUT2D eigenvalue weighted by atomic mass is 16.3. The van der Waals surface area contributed by atoms with E-state index in [1.165, 1.54) is 12.8 Å². The van der Waals surface area contributed by atoms with Crippen molar-refractivity contribution in [2.45, 2.75) is 51.7 Å². The van der Waals surface area contributed by atoms with Crippen LogP contribution in [0.5, 0.6) is 0 Å². The van der Waals surface area contributed by atoms with Gasteiger partial charge in [0.1, 0.15) is 0 Å². The summed E-state index contributed by atoms with van der Waals surface area (Å²) in [6, 6.07) is 0.244. The SMILES string of the molecule is CCC(C)NC(=O)CCNCC(O)CN1CCCC1. The van der Waals surface area contributed by atoms with Crippen molar-refractivity contribution in [3.63, 3.8) is 0 Å². The minimum Gasteiger partial charge on any atom is -0.390 e. The average molecular weight is 271 g/mol. The minimum absolute atomic E-state index is 0.0795. The molecule has 1 amide bonds. The van der Waals surface area contributed by atoms with Crippen molar-refractivity contribution in [3.05, 3.63) is 0 Å². The molecule has 0 saturated carbocycles. The first-order chi connectivity index (χ1) is 9.11. The van der Waals surface area contributed by atoms with Crippen LogP contribution in [-0.2, 0) is 4.79 Å². The summed E-state index contributed by atoms with van der Waals surface area (Å²) in [6.07, 6.45) is 3.58. The molecule has 0 bridgehead atoms. The van der Waals surface area contributed by atoms with Crippen LogP contribution in [0.1, 0.15) is 39.5 Å². The third-order valence-corrected chi connectivity index (χ3v) is 3.60. The zero-order valence-electron chi connectivity index (χ0n) is 12.3. The van der Waals surface area contributed by atoms with Crippen LogP contribution in [0.4, 0.5) is 0 Å². The lowest BCUT2D eigenvalue weighted by atomic mass is 10.2. The Balaban J connectivity index is 1.98. The predicted octanol–water partition coefficient (Wildman–Crippen LogP) is 0.338. The standard InChI is InChI=1S/C14H29N3O2/c1-3-12(2)16-14(19)6-7-15-10-13(18)11-17-8-4-5-9-17/h12-13,15,18H,3-11H2,1-2H3,(H,16,19). The molecule has 5 heteroatoms. The third kappa shape index (κ3) is 7.50. The summed E-state index contributed by atoms with van der Waals surface area (Å²) in [5.74, 6) is 0.0795. The number of hydrogen-bond acceptors (Lipinski definition) is 4. The first kappa shape index (κ1) is 16.4. The van der Waals surface area contributed by atoms with E-state index in [1.807, 2.05) is 6.92 Å². The van der Waals surface area contributed by atoms with Gasteiger partial charge in [-0.05, 0) is 39.3 Å². The minimum atomic E-state index is -0.337. The van der Waals surface area contributed by atoms with Crippen LogP contribution in [0.15, 0.2) is 0 Å². The van der Waals surface area contributed by atoms with Crippen LogP contribution in [0.2, 0.25) is 0 Å². The van der Waals surface area contributed by atoms with Crippen molar-refractivity contribution in [2.75, 3.05) is 32.7 Å². The van der Waals surface area contributed by atoms with Crippen LogP contribution in [0, 0.1) is 0 Å². The molecule has 0 aliphatic carbocycles. The maximum Gasteiger partial charge on any atom is 0.221 e. The molecule has 1 fully saturated rings. The van der Waals surface area contributed by atoms with Crippen molar-refractivity contribution in [1.82, 2.24) is 15.5 Å². The van der Waals surface area contributed by atoms with E-state index in [9.17, 15) is 9.90 Å². The molecule has 2 atom stereocenters. The van der Waals surface area contributed by atoms with Gasteiger partial charge in [-0.15, -0.1) is 0 Å². The maximum absolute atomic E-state index is 11.5. The summed E-state index contributed by atoms with van der Waals surface area (Å²) in [5.41, 5.74) is 0. The van der Waals surface area contributed by atoms with E-state index in [0.29, 0.717) is 19.5 Å². The van der Waals surface area contributed by atoms with Crippen LogP contribution in [0.25, 0.3) is 0 Å². The molecule has 5 nitrogen and oxygen atoms in total. The van der Waals surface area contributed by atoms with Gasteiger partial charge in [-0.3, -0.25) is 4.79 Å². The second-order valence-corrected chi connectivity index (χ2v) is 5.49. The van der Waals surface area contributed by atoms with E-state index in [0.717, 1.165) is 26.1 Å². The number of carbonyl (C=O) groups is 1. The Morgan fingerprint density at radius 2 is 2.05 bits per heavy atom. The first-order valence-electron chi connectivity index (χ1n) is 7.52. The number of rotatable bonds is 9. The maximum atomic E-state index is 11.5. The molecule has 3 N–H and O–H groups in total. The highest BCUT2D eigenvalue weighted by molar-refractivity contribution is 5.76. The second kappa shape index (κ2) is 9.28. The highest BCUT2D eigenvalue weighted by Gasteiger charge is 2.15. The predicted molar refractivity (Wildman–Crippen MR) is 77.1 cm³/mol. The van der Waals surface area contributed by atoms with E-state index in [4.69, 9.17) is 0 Å². The summed E-state index contributed by atoms with van der Waals surface area (Å²) >= 11 is 0. The number of carbonyl (C=O) groups excluding carboxylic acids is 1. The van der Waals surface area contributed by atoms with Gasteiger partial charge in [-0.25, -0.2) is 0 Å². The van der Waals surface area contributed by atoms with E-state index in [-0.39, 0.29) is 18.1 Å². The van der Waals surface area contributed by atoms with Crippen molar-refractivity contribution in [2.24, 2.45) is 0 Å². The Labute approximate surface area is 116 Å². The largest absolute Gasteiger partial charge is 0.390 e. The highest BCUT2D eigenvalue weighted by Crippen LogP contribution is 2.07. The average Bonchev–Trinajstić information content (AvgIpc) is 2.87. The van der Waals surface area contributed by atoms with Crippen molar-refractivity contribution in [1.29, 1.82) is 0 Å². The normalized spacial score (nSPS) is 19.3. The van der Waals surface area contributed by atoms with Crippen LogP contribution < -0.4 is 10.6 Å². The summed E-state index contributed by atoms with van der Waals surface area (Å²) < 4.78 is 0. The summed E-state index contributed by atoms with van der Waals surface area (Å²) in [6.45, 7) is 8.20. The Morgan fingerprint density at radius 3 is 2.68 bits per heavy atom. The number of β-amino-alcohol motifs (C(OH)–C–C–N with tert-alkyl or cyclic N) is 1. The number of hydrogen-bond donors (Lipinski definition) is 3. The lowest BCUT2D eigenvalue weighted by Crippen LogP contribution is -2.39. The molecule has 0 radical (unpaired) electrons. The van der Waals surface area contributed by atoms with Crippen LogP contribution in [-0.4, -0.2) is 60.8 Å². The summed E-state index contributed by atoms with van der Waals surface area (Å²) in [7, 11) is 0. The number of nitrogens with one attached hydrogen (secondary N) is 2. The zero-order valence-corrected chi connectivity index (χ0v) is 12.3. The molecule has 112 valence electrons. The van der Waals surface area contributed by atoms with Gasteiger partial charge in [0.05, 0.1) is 6.10 Å². The molecule has 1 aliphatic heterocycles. The van der Waals surface area contributed by atoms with E-state index in [2.05, 4.69) is 22.5 Å². The summed E-state index contributed by atoms with van der Waals surface area (Å²) in [5, 5.41) is 15.9. The van der Waals surface area contributed by atoms with Gasteiger partial charge in [-0.2, -0.15) is 0 Å². The molecule has 0 spiro atoms. The fourth-order valence-electron chi connectivity index (χ4n) is 2.25. The first-order valence-corrected chi connectivity index (χ1v) is 7.52. The number of amides is 1. The molecule has 1 saturated heterocycles. The molecular weight excluding hydrogens is 242 g/mol. The lowest BCUT2D eigenvalue weighted by molar-refractivity contribution is -0.121. The smallest absolute Gasteiger partial charge is 0.221 e. The molecule has 1 aliphatic rings. The third-order valence-electron chi connectivity index (χ3n) is 3.60. The quantitative estimate of drug-likeness (QED) is 0.529. The molecule has 0 aromatic carbocycles. The van der Waals surface area contributed by atoms with Gasteiger partial charge in [0, 0.05) is 32.1 Å². The number of nitrogens with zero attached hydrogens (tertiary/aromatic N) is 1. The van der Waals surface area contributed by atoms with Gasteiger partial charge >= 0.3 is 0 Å². The molecule has 0 aromatic rings. The molecular formula is C14H29N3O2. The van der Waals surface area contributed by atoms with Gasteiger partial charge in [0.25, 0.3) is 0 Å². The van der Waals surface area contributed by atoms with Gasteiger partial charge in [0.15, 0.2) is 0 Å². The van der Waals surface area contributed by atoms with E-state index in [1.54, 1.807) is 0 Å². The van der Waals surface area contributed by atoms with Crippen molar-refractivity contribution >= 4 is 5.91 Å². The Morgan fingerprint density at radius 1 is 1.37 bits per heavy atom. The number of likely N-dealkylation sites (tertiary alicyclic amines) is 1. The monoisotopic (exact) mass is 271 g/mol. The number of aliphatic hydroxyl groups is 1. The fraction of sp³-hybridized carbons (Fsp3) is 0.929. The van der Waals surface area contributed by atoms with Gasteiger partial charge < -0.3 is 20.6 Å². The van der Waals surface area contributed by atoms with Gasteiger partial charge in [0.2, 0.25) is 5.91 Å². The van der Waals surface area contributed by atoms with Crippen LogP contribution >= 0.6 is 0 Å². The molecule has 2 unspecified atom stereocenters. The summed E-state index contributed by atoms with van der Waals surface area (Å²) in [4.78, 5) is 13.8. The Hall–Kier alpha value is -0.650. The van der Waals surface area contributed by atoms with Crippen molar-refractivity contribution in [3.8, 4) is 0 Å². The fourth-order valence-corrected chi connectivity index (χ4v) is 2.25. The lowest BCUT2D eigenvalue weighted by Gasteiger charge is -2.19. The molecule has 19 heavy (non-hydrogen) atoms. The Bertz CT molecular complexity index is 255. The van der Waals surface area contributed by atoms with Crippen molar-refractivity contribution < 1.29 is 9.90 Å². The second-order valence-electron chi connectivity index (χ2n) is 5.49. The topological polar surface area (TPSA) is 64.6 Å². The van der Waals surface area contributed by atoms with E-state index < -0.39 is 0 Å². The van der Waals surface area contributed by atoms with Crippen LogP contribution in [0.3, 0.4) is 0 Å². The molecule has 0 aromatic heterocycles. The van der Waals surface area contributed by atoms with E-state index >= 15 is 0 Å². The molecule has 1 rings (SSSR count). The zero-order chi connectivity index (χ0) is 14.1. The Kier molecular flexibility index (Phi) is 8.02. The molecule has 1 heterocycles. The number of aliphatic hydroxyl groups excluding tert-OH is 1. The van der Waals surface area contributed by atoms with Gasteiger partial charge in [-0.1, -0.05) is 6.92 Å².